The molecule has 25 N–H and O–H groups in total. The number of aliphatic hydroxyl groups is 4. The Morgan fingerprint density at radius 2 is 0.849 bits per heavy atom. The molecule has 41 nitrogen and oxygen atoms in total. The number of carboxylic acids is 2. The third kappa shape index (κ3) is 30.9. The number of aromatic nitrogens is 2. The number of rotatable bonds is 46. The van der Waals surface area contributed by atoms with Crippen LogP contribution in [0.2, 0.25) is 0 Å². The van der Waals surface area contributed by atoms with E-state index in [-0.39, 0.29) is 47.8 Å². The first-order valence-electron chi connectivity index (χ1n) is 32.7. The van der Waals surface area contributed by atoms with E-state index in [0.717, 1.165) is 13.8 Å². The van der Waals surface area contributed by atoms with Crippen LogP contribution in [0.25, 0.3) is 0 Å². The summed E-state index contributed by atoms with van der Waals surface area (Å²) in [5.74, 6) is -19.6. The predicted molar refractivity (Wildman–Crippen MR) is 374 cm³/mol. The number of H-pyrrole nitrogens is 1. The number of thiol groups is 2. The van der Waals surface area contributed by atoms with E-state index in [1.165, 1.54) is 68.0 Å². The van der Waals surface area contributed by atoms with E-state index in [0.29, 0.717) is 11.3 Å². The molecule has 3 aromatic rings. The first-order chi connectivity index (χ1) is 50.1. The molecule has 106 heavy (non-hydrogen) atoms. The highest BCUT2D eigenvalue weighted by molar-refractivity contribution is 7.80. The second-order valence-corrected chi connectivity index (χ2v) is 24.7. The van der Waals surface area contributed by atoms with E-state index in [1.54, 1.807) is 6.92 Å². The highest BCUT2D eigenvalue weighted by Gasteiger charge is 2.38. The second kappa shape index (κ2) is 45.5. The topological polar surface area (TPSA) is 658 Å². The van der Waals surface area contributed by atoms with Gasteiger partial charge in [0.2, 0.25) is 82.7 Å². The molecule has 14 amide bonds. The second-order valence-electron chi connectivity index (χ2n) is 24.0. The summed E-state index contributed by atoms with van der Waals surface area (Å²) in [6.45, 7) is -0.314. The van der Waals surface area contributed by atoms with Crippen LogP contribution >= 0.6 is 25.3 Å². The highest BCUT2D eigenvalue weighted by Crippen LogP contribution is 2.16. The first-order valence-corrected chi connectivity index (χ1v) is 33.9. The van der Waals surface area contributed by atoms with Crippen LogP contribution in [0, 0.1) is 5.92 Å². The number of phenols is 2. The molecule has 0 saturated heterocycles. The molecule has 2 aromatic carbocycles. The average Bonchev–Trinajstić information content (AvgIpc) is 0.923. The van der Waals surface area contributed by atoms with E-state index < -0.39 is 238 Å². The van der Waals surface area contributed by atoms with Crippen molar-refractivity contribution in [3.63, 3.8) is 0 Å². The number of aliphatic carboxylic acids is 2. The zero-order valence-corrected chi connectivity index (χ0v) is 59.6. The number of aliphatic hydroxyl groups excluding tert-OH is 4. The van der Waals surface area contributed by atoms with Crippen molar-refractivity contribution in [2.75, 3.05) is 51.0 Å². The number of benzene rings is 2. The number of aromatic hydroxyl groups is 2. The molecule has 0 saturated carbocycles. The molecular formula is C63H91N17O24S2. The van der Waals surface area contributed by atoms with Crippen LogP contribution in [0.4, 0.5) is 0 Å². The Morgan fingerprint density at radius 3 is 1.31 bits per heavy atom. The summed E-state index contributed by atoms with van der Waals surface area (Å²) in [5, 5.41) is 112. The summed E-state index contributed by atoms with van der Waals surface area (Å²) in [4.78, 5) is 218. The number of aromatic amines is 1. The quantitative estimate of drug-likeness (QED) is 0.0234. The largest absolute Gasteiger partial charge is 0.508 e. The maximum Gasteiger partial charge on any atom is 0.327 e. The van der Waals surface area contributed by atoms with Gasteiger partial charge in [0.15, 0.2) is 0 Å². The lowest BCUT2D eigenvalue weighted by Crippen LogP contribution is -2.63. The molecule has 0 bridgehead atoms. The highest BCUT2D eigenvalue weighted by atomic mass is 32.1. The van der Waals surface area contributed by atoms with Gasteiger partial charge >= 0.3 is 11.9 Å². The van der Waals surface area contributed by atoms with Gasteiger partial charge < -0.3 is 126 Å². The standard InChI is InChI=1S/C63H91N17O24S2/c1-5-29(2)50(79-62(102)51(31(4)84)80-60(100)43(24-82)72-47(88)20-66-53(93)37(64)26-105)61(101)76-39(16-32-6-10-35(85)11-7-32)57(97)70-30(3)52(92)77-44(25-83)59(99)75-40(17-33-8-12-36(86)13-9-33)58(98)74-38(14-15-49(90)91)56(96)78-42(23-81)55(95)68-21-46(87)71-41(18-34-19-65-28-69-34)54(94)67-22-48(89)73-45(27-106)63(103)104/h6-13,19,28-31,37-45,50-51,81-86,105-106H,5,14-18,20-27,64H2,1-4H3,(H,65,69)(H,66,93)(H,67,94)(H,68,95)(H,70,97)(H,71,87)(H,72,88)(H,73,89)(H,74,98)(H,75,99)(H,76,101)(H,77,92)(H,78,96)(H,79,102)(H,80,100)(H,90,91)(H,103,104)/t29-,30-,31+,37-,38-,39-,40-,41-,42-,43-,44-,45-,50-,51-/m0/s1. The van der Waals surface area contributed by atoms with E-state index in [9.17, 15) is 118 Å². The molecule has 0 aliphatic heterocycles. The Kier molecular flexibility index (Phi) is 38.4. The van der Waals surface area contributed by atoms with Gasteiger partial charge in [-0.15, -0.1) is 0 Å². The zero-order chi connectivity index (χ0) is 79.5. The summed E-state index contributed by atoms with van der Waals surface area (Å²) < 4.78 is 0. The SMILES string of the molecule is CC[C@H](C)[C@H](NC(=O)[C@@H](NC(=O)[C@H](CO)NC(=O)CNC(=O)[C@@H](N)CS)[C@@H](C)O)C(=O)N[C@@H](Cc1ccc(O)cc1)C(=O)N[C@@H](C)C(=O)N[C@@H](CO)C(=O)N[C@@H](Cc1ccc(O)cc1)C(=O)N[C@@H](CCC(=O)O)C(=O)N[C@@H](CO)C(=O)NCC(=O)N[C@@H](Cc1cnc[nH]1)C(=O)NCC(=O)N[C@@H](CS)C(=O)O. The number of carbonyl (C=O) groups is 16. The van der Waals surface area contributed by atoms with Crippen LogP contribution in [0.5, 0.6) is 11.5 Å². The number of imidazole rings is 1. The van der Waals surface area contributed by atoms with Gasteiger partial charge in [-0.3, -0.25) is 71.9 Å². The Morgan fingerprint density at radius 1 is 0.462 bits per heavy atom. The van der Waals surface area contributed by atoms with Gasteiger partial charge in [0.05, 0.1) is 57.9 Å². The van der Waals surface area contributed by atoms with Crippen LogP contribution in [0.1, 0.15) is 63.8 Å². The van der Waals surface area contributed by atoms with Crippen molar-refractivity contribution < 1.29 is 118 Å². The molecule has 1 aromatic heterocycles. The van der Waals surface area contributed by atoms with Gasteiger partial charge in [-0.25, -0.2) is 9.78 Å². The monoisotopic (exact) mass is 1530 g/mol. The minimum absolute atomic E-state index is 0.0584. The summed E-state index contributed by atoms with van der Waals surface area (Å²) in [7, 11) is 0. The lowest BCUT2D eigenvalue weighted by molar-refractivity contribution is -0.141. The van der Waals surface area contributed by atoms with Gasteiger partial charge in [0, 0.05) is 49.1 Å². The minimum Gasteiger partial charge on any atom is -0.508 e. The lowest BCUT2D eigenvalue weighted by atomic mass is 9.96. The number of nitrogens with zero attached hydrogens (tertiary/aromatic N) is 1. The van der Waals surface area contributed by atoms with Gasteiger partial charge in [-0.2, -0.15) is 25.3 Å². The summed E-state index contributed by atoms with van der Waals surface area (Å²) in [6.07, 6.45) is -1.54. The van der Waals surface area contributed by atoms with Crippen molar-refractivity contribution >= 4 is 120 Å². The Bertz CT molecular complexity index is 3520. The third-order valence-electron chi connectivity index (χ3n) is 15.6. The predicted octanol–water partition coefficient (Wildman–Crippen LogP) is -9.91. The number of nitrogens with two attached hydrogens (primary N) is 1. The molecule has 0 fully saturated rings. The van der Waals surface area contributed by atoms with E-state index in [1.807, 2.05) is 0 Å². The molecule has 0 radical (unpaired) electrons. The fourth-order valence-corrected chi connectivity index (χ4v) is 9.75. The van der Waals surface area contributed by atoms with E-state index in [4.69, 9.17) is 5.73 Å². The van der Waals surface area contributed by atoms with Gasteiger partial charge in [-0.05, 0) is 61.6 Å². The molecule has 1 heterocycles. The number of nitrogens with one attached hydrogen (secondary N) is 15. The molecule has 0 spiro atoms. The van der Waals surface area contributed by atoms with Crippen LogP contribution in [-0.2, 0) is 96.0 Å². The Labute approximate surface area is 616 Å². The van der Waals surface area contributed by atoms with Crippen LogP contribution < -0.4 is 80.2 Å². The Hall–Kier alpha value is -10.7. The van der Waals surface area contributed by atoms with Crippen molar-refractivity contribution in [3.05, 3.63) is 77.9 Å². The van der Waals surface area contributed by atoms with Crippen molar-refractivity contribution in [1.29, 1.82) is 0 Å². The van der Waals surface area contributed by atoms with Gasteiger partial charge in [-0.1, -0.05) is 44.5 Å². The fraction of sp³-hybridized carbons (Fsp3) is 0.508. The average molecular weight is 1530 g/mol. The summed E-state index contributed by atoms with van der Waals surface area (Å²) >= 11 is 7.76. The first kappa shape index (κ1) is 89.5. The Balaban J connectivity index is 1.82. The van der Waals surface area contributed by atoms with Crippen molar-refractivity contribution in [3.8, 4) is 11.5 Å². The van der Waals surface area contributed by atoms with Crippen molar-refractivity contribution in [2.24, 2.45) is 11.7 Å². The molecule has 43 heteroatoms. The smallest absolute Gasteiger partial charge is 0.327 e. The summed E-state index contributed by atoms with van der Waals surface area (Å²) in [6, 6.07) is -9.48. The van der Waals surface area contributed by atoms with Crippen LogP contribution in [0.15, 0.2) is 61.1 Å². The van der Waals surface area contributed by atoms with E-state index >= 15 is 0 Å². The molecule has 0 aliphatic rings. The summed E-state index contributed by atoms with van der Waals surface area (Å²) in [5.41, 5.74) is 6.45. The maximum atomic E-state index is 14.3. The lowest BCUT2D eigenvalue weighted by Gasteiger charge is -2.30. The number of hydrogen-bond acceptors (Lipinski definition) is 26. The molecule has 14 atom stereocenters. The zero-order valence-electron chi connectivity index (χ0n) is 57.8. The van der Waals surface area contributed by atoms with E-state index in [2.05, 4.69) is 110 Å². The van der Waals surface area contributed by atoms with Gasteiger partial charge in [0.25, 0.3) is 0 Å². The number of amides is 14. The normalized spacial score (nSPS) is 14.9. The van der Waals surface area contributed by atoms with Crippen molar-refractivity contribution in [1.82, 2.24) is 84.4 Å². The third-order valence-corrected chi connectivity index (χ3v) is 16.4. The molecule has 3 rings (SSSR count). The number of carbonyl (C=O) groups excluding carboxylic acids is 14. The molecule has 0 aliphatic carbocycles. The van der Waals surface area contributed by atoms with Gasteiger partial charge in [0.1, 0.15) is 78.0 Å². The molecular weight excluding hydrogens is 1440 g/mol. The molecule has 584 valence electrons. The number of phenolic OH excluding ortho intramolecular Hbond substituents is 2. The van der Waals surface area contributed by atoms with Crippen molar-refractivity contribution in [2.45, 2.75) is 145 Å². The van der Waals surface area contributed by atoms with Crippen LogP contribution in [-0.4, -0.2) is 275 Å². The maximum absolute atomic E-state index is 14.3. The fourth-order valence-electron chi connectivity index (χ4n) is 9.34. The number of carboxylic acid groups (broad SMARTS) is 2. The molecule has 0 unspecified atom stereocenters. The minimum atomic E-state index is -1.95. The number of hydrogen-bond donors (Lipinski definition) is 26. The van der Waals surface area contributed by atoms with Crippen LogP contribution in [0.3, 0.4) is 0 Å².